The van der Waals surface area contributed by atoms with Gasteiger partial charge in [-0.05, 0) is 105 Å². The van der Waals surface area contributed by atoms with E-state index in [2.05, 4.69) is 37.5 Å². The number of halogens is 3. The van der Waals surface area contributed by atoms with Crippen LogP contribution in [0.2, 0.25) is 0 Å². The first-order valence-electron chi connectivity index (χ1n) is 19.2. The molecule has 2 aliphatic carbocycles. The van der Waals surface area contributed by atoms with Crippen LogP contribution in [-0.4, -0.2) is 107 Å². The molecule has 2 saturated carbocycles. The number of aromatic nitrogens is 4. The van der Waals surface area contributed by atoms with Crippen molar-refractivity contribution in [2.45, 2.75) is 70.0 Å². The molecule has 53 heavy (non-hydrogen) atoms. The number of H-pyrrole nitrogens is 1. The Balaban J connectivity index is 1.10. The van der Waals surface area contributed by atoms with Gasteiger partial charge in [-0.1, -0.05) is 12.6 Å². The number of carbonyl (C=O) groups is 1. The first-order chi connectivity index (χ1) is 25.5. The molecule has 4 aliphatic heterocycles. The molecule has 0 atom stereocenters. The summed E-state index contributed by atoms with van der Waals surface area (Å²) in [6.07, 6.45) is 6.20. The third kappa shape index (κ3) is 5.72. The van der Waals surface area contributed by atoms with Crippen LogP contribution in [0.25, 0.3) is 32.9 Å². The van der Waals surface area contributed by atoms with Crippen molar-refractivity contribution in [3.05, 3.63) is 48.2 Å². The molecule has 4 aromatic rings. The number of aryl methyl sites for hydroxylation is 1. The summed E-state index contributed by atoms with van der Waals surface area (Å²) in [5, 5.41) is 8.93. The normalized spacial score (nSPS) is 22.5. The summed E-state index contributed by atoms with van der Waals surface area (Å²) in [5.41, 5.74) is 5.24. The van der Waals surface area contributed by atoms with Crippen molar-refractivity contribution in [2.75, 3.05) is 68.8 Å². The fraction of sp³-hybridized carbons (Fsp3) is 0.550. The van der Waals surface area contributed by atoms with Crippen molar-refractivity contribution >= 4 is 39.5 Å². The number of nitrogens with zero attached hydrogens (tertiary/aromatic N) is 7. The second-order valence-corrected chi connectivity index (χ2v) is 16.8. The smallest absolute Gasteiger partial charge is 0.422 e. The van der Waals surface area contributed by atoms with E-state index in [4.69, 9.17) is 14.7 Å². The topological polar surface area (TPSA) is 93.7 Å². The summed E-state index contributed by atoms with van der Waals surface area (Å²) in [4.78, 5) is 31.6. The Hall–Kier alpha value is -4.39. The van der Waals surface area contributed by atoms with Crippen LogP contribution in [0.5, 0.6) is 5.75 Å². The molecule has 13 heteroatoms. The van der Waals surface area contributed by atoms with Crippen LogP contribution < -0.4 is 14.5 Å². The second-order valence-electron chi connectivity index (χ2n) is 16.8. The highest BCUT2D eigenvalue weighted by Crippen LogP contribution is 2.55. The number of likely N-dealkylation sites (tertiary alicyclic amines) is 2. The molecule has 0 radical (unpaired) electrons. The number of benzene rings is 2. The lowest BCUT2D eigenvalue weighted by Gasteiger charge is -2.54. The number of anilines is 2. The lowest BCUT2D eigenvalue weighted by Crippen LogP contribution is -2.61. The van der Waals surface area contributed by atoms with Crippen molar-refractivity contribution in [3.8, 4) is 16.9 Å². The largest absolute Gasteiger partial charge is 0.481 e. The summed E-state index contributed by atoms with van der Waals surface area (Å²) < 4.78 is 48.3. The number of piperidine rings is 1. The number of fused-ring (bicyclic) bond motifs is 2. The molecular weight excluding hydrogens is 681 g/mol. The van der Waals surface area contributed by atoms with Gasteiger partial charge >= 0.3 is 6.18 Å². The average molecular weight is 727 g/mol. The predicted octanol–water partition coefficient (Wildman–Crippen LogP) is 6.59. The maximum Gasteiger partial charge on any atom is 0.422 e. The van der Waals surface area contributed by atoms with Gasteiger partial charge in [0.25, 0.3) is 0 Å². The van der Waals surface area contributed by atoms with E-state index in [9.17, 15) is 18.0 Å². The summed E-state index contributed by atoms with van der Waals surface area (Å²) in [5.74, 6) is 1.62. The SMILES string of the molecule is C=CC(=O)N1CC2(CCN(c3nc(N4CC(N5CCC6(CC6)C5)C4)nc4c(OCC(F)(F)F)c(-c5c(C)ccc6[nH]ncc56)c(C5CC5)cc34)CC2)C1. The molecule has 10 rings (SSSR count). The van der Waals surface area contributed by atoms with E-state index in [1.165, 1.54) is 25.3 Å². The van der Waals surface area contributed by atoms with Gasteiger partial charge in [-0.15, -0.1) is 0 Å². The fourth-order valence-corrected chi connectivity index (χ4v) is 9.61. The Labute approximate surface area is 306 Å². The summed E-state index contributed by atoms with van der Waals surface area (Å²) in [6.45, 7) is 11.0. The highest BCUT2D eigenvalue weighted by atomic mass is 19.4. The minimum atomic E-state index is -4.54. The van der Waals surface area contributed by atoms with Gasteiger partial charge in [0.05, 0.1) is 11.7 Å². The number of alkyl halides is 3. The van der Waals surface area contributed by atoms with Gasteiger partial charge in [0.1, 0.15) is 11.3 Å². The quantitative estimate of drug-likeness (QED) is 0.204. The number of amides is 1. The van der Waals surface area contributed by atoms with Crippen LogP contribution in [0.1, 0.15) is 62.0 Å². The first-order valence-corrected chi connectivity index (χ1v) is 19.2. The van der Waals surface area contributed by atoms with Gasteiger partial charge in [0, 0.05) is 73.6 Å². The summed E-state index contributed by atoms with van der Waals surface area (Å²) in [6, 6.07) is 6.51. The van der Waals surface area contributed by atoms with E-state index in [1.54, 1.807) is 6.20 Å². The zero-order valence-corrected chi connectivity index (χ0v) is 30.1. The molecule has 6 heterocycles. The zero-order chi connectivity index (χ0) is 36.3. The molecular formula is C40H45F3N8O2. The van der Waals surface area contributed by atoms with Crippen LogP contribution in [-0.2, 0) is 4.79 Å². The Morgan fingerprint density at radius 1 is 0.981 bits per heavy atom. The third-order valence-corrected chi connectivity index (χ3v) is 13.2. The number of hydrogen-bond acceptors (Lipinski definition) is 8. The molecule has 0 unspecified atom stereocenters. The van der Waals surface area contributed by atoms with Crippen molar-refractivity contribution < 1.29 is 22.7 Å². The van der Waals surface area contributed by atoms with Crippen molar-refractivity contribution in [1.29, 1.82) is 0 Å². The van der Waals surface area contributed by atoms with Gasteiger partial charge in [0.2, 0.25) is 11.9 Å². The van der Waals surface area contributed by atoms with Gasteiger partial charge in [0.15, 0.2) is 12.4 Å². The average Bonchev–Trinajstić information content (AvgIpc) is 4.00. The number of hydrogen-bond donors (Lipinski definition) is 1. The fourth-order valence-electron chi connectivity index (χ4n) is 9.61. The van der Waals surface area contributed by atoms with Crippen molar-refractivity contribution in [2.24, 2.45) is 10.8 Å². The Bertz CT molecular complexity index is 2140. The number of carbonyl (C=O) groups excluding carboxylic acids is 1. The summed E-state index contributed by atoms with van der Waals surface area (Å²) in [7, 11) is 0. The Kier molecular flexibility index (Phi) is 7.39. The summed E-state index contributed by atoms with van der Waals surface area (Å²) >= 11 is 0. The Morgan fingerprint density at radius 3 is 2.42 bits per heavy atom. The Morgan fingerprint density at radius 2 is 1.74 bits per heavy atom. The van der Waals surface area contributed by atoms with E-state index in [-0.39, 0.29) is 23.0 Å². The number of aromatic amines is 1. The monoisotopic (exact) mass is 726 g/mol. The maximum atomic E-state index is 14.1. The van der Waals surface area contributed by atoms with Crippen LogP contribution >= 0.6 is 0 Å². The molecule has 278 valence electrons. The lowest BCUT2D eigenvalue weighted by molar-refractivity contribution is -0.153. The number of ether oxygens (including phenoxy) is 1. The van der Waals surface area contributed by atoms with Crippen molar-refractivity contribution in [3.63, 3.8) is 0 Å². The maximum absolute atomic E-state index is 14.1. The molecule has 6 fully saturated rings. The van der Waals surface area contributed by atoms with E-state index in [0.717, 1.165) is 117 Å². The zero-order valence-electron chi connectivity index (χ0n) is 30.1. The minimum Gasteiger partial charge on any atom is -0.481 e. The number of nitrogens with one attached hydrogen (secondary N) is 1. The van der Waals surface area contributed by atoms with Crippen LogP contribution in [0.15, 0.2) is 37.1 Å². The highest BCUT2D eigenvalue weighted by molar-refractivity contribution is 6.06. The van der Waals surface area contributed by atoms with Crippen LogP contribution in [0.3, 0.4) is 0 Å². The second kappa shape index (κ2) is 11.8. The first kappa shape index (κ1) is 33.2. The van der Waals surface area contributed by atoms with E-state index in [0.29, 0.717) is 28.5 Å². The molecule has 6 aliphatic rings. The highest BCUT2D eigenvalue weighted by Gasteiger charge is 2.51. The molecule has 0 bridgehead atoms. The molecule has 2 aromatic carbocycles. The van der Waals surface area contributed by atoms with E-state index in [1.807, 2.05) is 24.0 Å². The molecule has 10 nitrogen and oxygen atoms in total. The number of rotatable bonds is 8. The molecule has 2 spiro atoms. The standard InChI is InChI=1S/C40H45F3N8O2/c1-3-31(52)51-21-39(22-51)11-13-48(14-12-39)36-28-16-27(25-5-6-25)33(32-24(2)4-7-30-29(32)17-44-47-30)35(53-23-40(41,42)43)34(28)45-37(46-36)50-18-26(19-50)49-15-10-38(20-49)8-9-38/h3-4,7,16-17,25-26H,1,5-6,8-15,18-23H2,2H3,(H,44,47). The van der Waals surface area contributed by atoms with Crippen molar-refractivity contribution in [1.82, 2.24) is 30.0 Å². The molecule has 1 amide bonds. The van der Waals surface area contributed by atoms with Crippen LogP contribution in [0.4, 0.5) is 24.9 Å². The molecule has 2 aromatic heterocycles. The minimum absolute atomic E-state index is 0.0327. The van der Waals surface area contributed by atoms with Crippen LogP contribution in [0, 0.1) is 17.8 Å². The van der Waals surface area contributed by atoms with Gasteiger partial charge < -0.3 is 19.4 Å². The van der Waals surface area contributed by atoms with E-state index >= 15 is 0 Å². The lowest BCUT2D eigenvalue weighted by atomic mass is 9.72. The van der Waals surface area contributed by atoms with Gasteiger partial charge in [-0.25, -0.2) is 4.98 Å². The predicted molar refractivity (Wildman–Crippen MR) is 197 cm³/mol. The van der Waals surface area contributed by atoms with Gasteiger partial charge in [-0.3, -0.25) is 14.8 Å². The molecule has 4 saturated heterocycles. The van der Waals surface area contributed by atoms with Gasteiger partial charge in [-0.2, -0.15) is 23.3 Å². The molecule has 1 N–H and O–H groups in total. The van der Waals surface area contributed by atoms with E-state index < -0.39 is 12.8 Å². The third-order valence-electron chi connectivity index (χ3n) is 13.2.